The maximum absolute atomic E-state index is 11.9. The van der Waals surface area contributed by atoms with Crippen LogP contribution in [0.2, 0.25) is 0 Å². The van der Waals surface area contributed by atoms with Gasteiger partial charge in [0.1, 0.15) is 0 Å². The van der Waals surface area contributed by atoms with Gasteiger partial charge in [0.25, 0.3) is 0 Å². The molecule has 1 atom stereocenters. The Morgan fingerprint density at radius 1 is 1.67 bits per heavy atom. The van der Waals surface area contributed by atoms with Gasteiger partial charge in [-0.05, 0) is 30.3 Å². The van der Waals surface area contributed by atoms with Gasteiger partial charge < -0.3 is 10.6 Å². The molecule has 1 unspecified atom stereocenters. The van der Waals surface area contributed by atoms with Crippen LogP contribution in [0.15, 0.2) is 17.5 Å². The molecule has 15 heavy (non-hydrogen) atoms. The van der Waals surface area contributed by atoms with Crippen molar-refractivity contribution in [1.29, 1.82) is 0 Å². The normalized spacial score (nSPS) is 20.9. The minimum absolute atomic E-state index is 0.244. The van der Waals surface area contributed by atoms with Crippen LogP contribution in [0.1, 0.15) is 11.3 Å². The Hall–Kier alpha value is -0.870. The molecule has 0 radical (unpaired) electrons. The average Bonchev–Trinajstić information content (AvgIpc) is 2.86. The molecular formula is C11H16N2OS. The van der Waals surface area contributed by atoms with Gasteiger partial charge >= 0.3 is 0 Å². The summed E-state index contributed by atoms with van der Waals surface area (Å²) < 4.78 is 0. The first-order valence-corrected chi connectivity index (χ1v) is 6.18. The molecule has 0 aromatic carbocycles. The van der Waals surface area contributed by atoms with Gasteiger partial charge in [-0.3, -0.25) is 4.79 Å². The number of thiophene rings is 1. The summed E-state index contributed by atoms with van der Waals surface area (Å²) in [5.74, 6) is 0.755. The molecule has 3 nitrogen and oxygen atoms in total. The molecule has 1 aliphatic heterocycles. The molecule has 0 bridgehead atoms. The number of nitrogens with two attached hydrogens (primary N) is 1. The molecule has 1 amide bonds. The third kappa shape index (κ3) is 2.58. The second-order valence-electron chi connectivity index (χ2n) is 3.99. The molecule has 1 aliphatic rings. The molecule has 1 saturated heterocycles. The Bertz CT molecular complexity index is 323. The van der Waals surface area contributed by atoms with Gasteiger partial charge in [0.05, 0.1) is 6.42 Å². The van der Waals surface area contributed by atoms with Crippen LogP contribution in [-0.4, -0.2) is 30.4 Å². The van der Waals surface area contributed by atoms with Crippen molar-refractivity contribution >= 4 is 17.2 Å². The largest absolute Gasteiger partial charge is 0.342 e. The minimum atomic E-state index is 0.244. The van der Waals surface area contributed by atoms with Crippen LogP contribution in [0.4, 0.5) is 0 Å². The number of nitrogens with zero attached hydrogens (tertiary/aromatic N) is 1. The number of carbonyl (C=O) groups excluding carboxylic acids is 1. The molecule has 1 fully saturated rings. The molecule has 2 heterocycles. The lowest BCUT2D eigenvalue weighted by molar-refractivity contribution is -0.129. The van der Waals surface area contributed by atoms with Crippen molar-refractivity contribution in [3.63, 3.8) is 0 Å². The number of likely N-dealkylation sites (tertiary alicyclic amines) is 1. The third-order valence-electron chi connectivity index (χ3n) is 2.88. The van der Waals surface area contributed by atoms with E-state index in [4.69, 9.17) is 5.73 Å². The van der Waals surface area contributed by atoms with E-state index >= 15 is 0 Å². The van der Waals surface area contributed by atoms with Gasteiger partial charge in [-0.15, -0.1) is 11.3 Å². The Balaban J connectivity index is 1.87. The molecule has 4 heteroatoms. The fourth-order valence-electron chi connectivity index (χ4n) is 1.93. The topological polar surface area (TPSA) is 46.3 Å². The van der Waals surface area contributed by atoms with Crippen LogP contribution >= 0.6 is 11.3 Å². The summed E-state index contributed by atoms with van der Waals surface area (Å²) in [5, 5.41) is 2.01. The zero-order chi connectivity index (χ0) is 10.7. The highest BCUT2D eigenvalue weighted by Gasteiger charge is 2.24. The molecule has 0 saturated carbocycles. The van der Waals surface area contributed by atoms with Crippen molar-refractivity contribution in [2.75, 3.05) is 19.6 Å². The van der Waals surface area contributed by atoms with Crippen LogP contribution in [0.5, 0.6) is 0 Å². The number of hydrogen-bond donors (Lipinski definition) is 1. The fraction of sp³-hybridized carbons (Fsp3) is 0.545. The predicted octanol–water partition coefficient (Wildman–Crippen LogP) is 1.10. The quantitative estimate of drug-likeness (QED) is 0.835. The molecule has 0 aliphatic carbocycles. The van der Waals surface area contributed by atoms with E-state index in [1.54, 1.807) is 11.3 Å². The van der Waals surface area contributed by atoms with Gasteiger partial charge in [-0.25, -0.2) is 0 Å². The van der Waals surface area contributed by atoms with E-state index in [2.05, 4.69) is 0 Å². The monoisotopic (exact) mass is 224 g/mol. The Morgan fingerprint density at radius 2 is 2.53 bits per heavy atom. The molecule has 2 rings (SSSR count). The van der Waals surface area contributed by atoms with Gasteiger partial charge in [0, 0.05) is 18.0 Å². The van der Waals surface area contributed by atoms with Crippen LogP contribution in [0.25, 0.3) is 0 Å². The van der Waals surface area contributed by atoms with E-state index < -0.39 is 0 Å². The highest BCUT2D eigenvalue weighted by molar-refractivity contribution is 7.10. The van der Waals surface area contributed by atoms with Gasteiger partial charge in [-0.1, -0.05) is 6.07 Å². The van der Waals surface area contributed by atoms with Crippen molar-refractivity contribution in [3.05, 3.63) is 22.4 Å². The number of amides is 1. The first kappa shape index (κ1) is 10.6. The molecule has 2 N–H and O–H groups in total. The maximum atomic E-state index is 11.9. The zero-order valence-corrected chi connectivity index (χ0v) is 9.50. The van der Waals surface area contributed by atoms with Gasteiger partial charge in [0.2, 0.25) is 5.91 Å². The standard InChI is InChI=1S/C11H16N2OS/c12-7-9-3-4-13(8-9)11(14)6-10-2-1-5-15-10/h1-2,5,9H,3-4,6-8,12H2. The van der Waals surface area contributed by atoms with E-state index in [1.165, 1.54) is 0 Å². The van der Waals surface area contributed by atoms with Crippen LogP contribution in [0, 0.1) is 5.92 Å². The summed E-state index contributed by atoms with van der Waals surface area (Å²) in [4.78, 5) is 15.0. The second kappa shape index (κ2) is 4.77. The molecule has 1 aromatic heterocycles. The summed E-state index contributed by atoms with van der Waals surface area (Å²) >= 11 is 1.64. The first-order chi connectivity index (χ1) is 7.29. The smallest absolute Gasteiger partial charge is 0.227 e. The molecular weight excluding hydrogens is 208 g/mol. The summed E-state index contributed by atoms with van der Waals surface area (Å²) in [7, 11) is 0. The second-order valence-corrected chi connectivity index (χ2v) is 5.02. The molecule has 1 aromatic rings. The predicted molar refractivity (Wildman–Crippen MR) is 61.8 cm³/mol. The van der Waals surface area contributed by atoms with E-state index in [1.807, 2.05) is 22.4 Å². The number of rotatable bonds is 3. The van der Waals surface area contributed by atoms with Crippen LogP contribution in [-0.2, 0) is 11.2 Å². The third-order valence-corrected chi connectivity index (χ3v) is 3.75. The van der Waals surface area contributed by atoms with Crippen molar-refractivity contribution in [3.8, 4) is 0 Å². The van der Waals surface area contributed by atoms with Crippen molar-refractivity contribution in [2.24, 2.45) is 11.7 Å². The van der Waals surface area contributed by atoms with Crippen molar-refractivity contribution in [1.82, 2.24) is 4.90 Å². The highest BCUT2D eigenvalue weighted by Crippen LogP contribution is 2.17. The van der Waals surface area contributed by atoms with E-state index in [0.29, 0.717) is 18.9 Å². The lowest BCUT2D eigenvalue weighted by Gasteiger charge is -2.15. The van der Waals surface area contributed by atoms with Crippen LogP contribution in [0.3, 0.4) is 0 Å². The Labute approximate surface area is 93.9 Å². The highest BCUT2D eigenvalue weighted by atomic mass is 32.1. The fourth-order valence-corrected chi connectivity index (χ4v) is 2.62. The number of hydrogen-bond acceptors (Lipinski definition) is 3. The van der Waals surface area contributed by atoms with E-state index in [9.17, 15) is 4.79 Å². The van der Waals surface area contributed by atoms with E-state index in [-0.39, 0.29) is 5.91 Å². The summed E-state index contributed by atoms with van der Waals surface area (Å²) in [6, 6.07) is 4.00. The zero-order valence-electron chi connectivity index (χ0n) is 8.69. The summed E-state index contributed by atoms with van der Waals surface area (Å²) in [6.07, 6.45) is 1.61. The van der Waals surface area contributed by atoms with Crippen molar-refractivity contribution < 1.29 is 4.79 Å². The average molecular weight is 224 g/mol. The number of carbonyl (C=O) groups is 1. The van der Waals surface area contributed by atoms with Crippen molar-refractivity contribution in [2.45, 2.75) is 12.8 Å². The lowest BCUT2D eigenvalue weighted by atomic mass is 10.1. The minimum Gasteiger partial charge on any atom is -0.342 e. The van der Waals surface area contributed by atoms with E-state index in [0.717, 1.165) is 24.4 Å². The summed E-state index contributed by atoms with van der Waals surface area (Å²) in [5.41, 5.74) is 5.60. The first-order valence-electron chi connectivity index (χ1n) is 5.30. The summed E-state index contributed by atoms with van der Waals surface area (Å²) in [6.45, 7) is 2.43. The molecule has 82 valence electrons. The lowest BCUT2D eigenvalue weighted by Crippen LogP contribution is -2.30. The SMILES string of the molecule is NCC1CCN(C(=O)Cc2cccs2)C1. The van der Waals surface area contributed by atoms with Gasteiger partial charge in [0.15, 0.2) is 0 Å². The van der Waals surface area contributed by atoms with Crippen LogP contribution < -0.4 is 5.73 Å². The Morgan fingerprint density at radius 3 is 3.13 bits per heavy atom. The maximum Gasteiger partial charge on any atom is 0.227 e. The Kier molecular flexibility index (Phi) is 3.38. The van der Waals surface area contributed by atoms with Gasteiger partial charge in [-0.2, -0.15) is 0 Å². The molecule has 0 spiro atoms.